The quantitative estimate of drug-likeness (QED) is 0.790. The molecule has 2 aromatic rings. The predicted molar refractivity (Wildman–Crippen MR) is 86.5 cm³/mol. The van der Waals surface area contributed by atoms with Crippen molar-refractivity contribution in [3.63, 3.8) is 0 Å². The first kappa shape index (κ1) is 16.5. The van der Waals surface area contributed by atoms with Crippen LogP contribution >= 0.6 is 11.8 Å². The Balaban J connectivity index is 1.96. The number of nitrogens with one attached hydrogen (secondary N) is 1. The van der Waals surface area contributed by atoms with Crippen LogP contribution in [0.2, 0.25) is 0 Å². The molecule has 0 aliphatic carbocycles. The van der Waals surface area contributed by atoms with Gasteiger partial charge in [-0.25, -0.2) is 4.68 Å². The highest BCUT2D eigenvalue weighted by molar-refractivity contribution is 8.00. The number of hydrogen-bond donors (Lipinski definition) is 1. The molecule has 6 nitrogen and oxygen atoms in total. The zero-order valence-corrected chi connectivity index (χ0v) is 13.9. The third-order valence-corrected chi connectivity index (χ3v) is 4.08. The topological polar surface area (TPSA) is 72.7 Å². The number of carbonyl (C=O) groups excluding carboxylic acids is 1. The Labute approximate surface area is 134 Å². The molecule has 1 N–H and O–H groups in total. The number of hydrogen-bond acceptors (Lipinski definition) is 5. The van der Waals surface area contributed by atoms with E-state index in [1.165, 1.54) is 11.8 Å². The van der Waals surface area contributed by atoms with E-state index >= 15 is 0 Å². The van der Waals surface area contributed by atoms with Crippen molar-refractivity contribution in [2.45, 2.75) is 37.7 Å². The van der Waals surface area contributed by atoms with Crippen molar-refractivity contribution in [1.82, 2.24) is 25.5 Å². The van der Waals surface area contributed by atoms with Gasteiger partial charge in [0.15, 0.2) is 0 Å². The molecule has 2 rings (SSSR count). The molecule has 0 saturated carbocycles. The second-order valence-corrected chi connectivity index (χ2v) is 6.81. The average molecular weight is 319 g/mol. The molecule has 0 aliphatic heterocycles. The van der Waals surface area contributed by atoms with Crippen LogP contribution in [0.3, 0.4) is 0 Å². The number of tetrazole rings is 1. The van der Waals surface area contributed by atoms with Crippen LogP contribution in [0.15, 0.2) is 35.5 Å². The van der Waals surface area contributed by atoms with Gasteiger partial charge in [0.2, 0.25) is 11.1 Å². The molecule has 1 unspecified atom stereocenters. The van der Waals surface area contributed by atoms with E-state index in [0.29, 0.717) is 24.2 Å². The molecule has 0 aliphatic rings. The van der Waals surface area contributed by atoms with Crippen LogP contribution in [0.5, 0.6) is 0 Å². The Kier molecular flexibility index (Phi) is 5.94. The van der Waals surface area contributed by atoms with Gasteiger partial charge in [-0.2, -0.15) is 0 Å². The Morgan fingerprint density at radius 3 is 2.68 bits per heavy atom. The molecule has 1 heterocycles. The first-order chi connectivity index (χ1) is 10.6. The molecule has 1 aromatic heterocycles. The minimum atomic E-state index is -0.237. The number of rotatable bonds is 7. The summed E-state index contributed by atoms with van der Waals surface area (Å²) in [6, 6.07) is 9.98. The summed E-state index contributed by atoms with van der Waals surface area (Å²) in [5, 5.41) is 15.1. The number of benzene rings is 1. The number of carbonyl (C=O) groups is 1. The summed E-state index contributed by atoms with van der Waals surface area (Å²) in [4.78, 5) is 12.0. The number of aromatic nitrogens is 4. The highest BCUT2D eigenvalue weighted by atomic mass is 32.2. The minimum absolute atomic E-state index is 0.00737. The summed E-state index contributed by atoms with van der Waals surface area (Å²) in [7, 11) is 0. The zero-order valence-electron chi connectivity index (χ0n) is 13.1. The second kappa shape index (κ2) is 7.93. The van der Waals surface area contributed by atoms with Gasteiger partial charge in [0.1, 0.15) is 0 Å². The molecule has 0 bridgehead atoms. The van der Waals surface area contributed by atoms with Crippen LogP contribution in [-0.2, 0) is 11.3 Å². The van der Waals surface area contributed by atoms with Crippen LogP contribution in [0.25, 0.3) is 0 Å². The van der Waals surface area contributed by atoms with Crippen LogP contribution in [0, 0.1) is 5.92 Å². The second-order valence-electron chi connectivity index (χ2n) is 5.50. The first-order valence-corrected chi connectivity index (χ1v) is 8.18. The maximum absolute atomic E-state index is 12.0. The molecule has 118 valence electrons. The fourth-order valence-corrected chi connectivity index (χ4v) is 2.61. The summed E-state index contributed by atoms with van der Waals surface area (Å²) in [5.74, 6) is 0.442. The maximum Gasteiger partial charge on any atom is 0.233 e. The van der Waals surface area contributed by atoms with Crippen molar-refractivity contribution in [3.8, 4) is 0 Å². The van der Waals surface area contributed by atoms with Crippen molar-refractivity contribution in [2.75, 3.05) is 6.54 Å². The number of nitrogens with zero attached hydrogens (tertiary/aromatic N) is 4. The van der Waals surface area contributed by atoms with E-state index in [1.807, 2.05) is 37.3 Å². The van der Waals surface area contributed by atoms with E-state index in [-0.39, 0.29) is 11.2 Å². The minimum Gasteiger partial charge on any atom is -0.355 e. The molecule has 1 aromatic carbocycles. The van der Waals surface area contributed by atoms with E-state index in [1.54, 1.807) is 4.68 Å². The van der Waals surface area contributed by atoms with Gasteiger partial charge in [-0.05, 0) is 28.8 Å². The molecular weight excluding hydrogens is 298 g/mol. The van der Waals surface area contributed by atoms with Gasteiger partial charge < -0.3 is 5.32 Å². The molecule has 1 atom stereocenters. The summed E-state index contributed by atoms with van der Waals surface area (Å²) < 4.78 is 1.71. The molecule has 0 radical (unpaired) electrons. The third kappa shape index (κ3) is 4.84. The number of thioether (sulfide) groups is 1. The van der Waals surface area contributed by atoms with Gasteiger partial charge in [-0.15, -0.1) is 5.10 Å². The Bertz CT molecular complexity index is 599. The van der Waals surface area contributed by atoms with Crippen molar-refractivity contribution < 1.29 is 4.79 Å². The zero-order chi connectivity index (χ0) is 15.9. The molecule has 0 spiro atoms. The largest absolute Gasteiger partial charge is 0.355 e. The van der Waals surface area contributed by atoms with E-state index in [4.69, 9.17) is 0 Å². The fourth-order valence-electron chi connectivity index (χ4n) is 1.80. The summed E-state index contributed by atoms with van der Waals surface area (Å²) in [5.41, 5.74) is 1.12. The van der Waals surface area contributed by atoms with E-state index in [0.717, 1.165) is 5.56 Å². The van der Waals surface area contributed by atoms with E-state index in [9.17, 15) is 4.79 Å². The predicted octanol–water partition coefficient (Wildman–Crippen LogP) is 1.97. The van der Waals surface area contributed by atoms with Crippen LogP contribution in [0.4, 0.5) is 0 Å². The van der Waals surface area contributed by atoms with Gasteiger partial charge >= 0.3 is 0 Å². The number of amides is 1. The Hall–Kier alpha value is -1.89. The molecule has 7 heteroatoms. The molecule has 0 fully saturated rings. The van der Waals surface area contributed by atoms with Crippen molar-refractivity contribution in [3.05, 3.63) is 35.9 Å². The van der Waals surface area contributed by atoms with Crippen molar-refractivity contribution in [1.29, 1.82) is 0 Å². The van der Waals surface area contributed by atoms with Gasteiger partial charge in [0, 0.05) is 6.54 Å². The monoisotopic (exact) mass is 319 g/mol. The lowest BCUT2D eigenvalue weighted by Gasteiger charge is -2.13. The maximum atomic E-state index is 12.0. The van der Waals surface area contributed by atoms with Gasteiger partial charge in [-0.1, -0.05) is 55.9 Å². The average Bonchev–Trinajstić information content (AvgIpc) is 2.92. The van der Waals surface area contributed by atoms with Crippen LogP contribution in [0.1, 0.15) is 26.3 Å². The lowest BCUT2D eigenvalue weighted by molar-refractivity contribution is -0.120. The van der Waals surface area contributed by atoms with Crippen molar-refractivity contribution >= 4 is 17.7 Å². The van der Waals surface area contributed by atoms with Gasteiger partial charge in [0.25, 0.3) is 0 Å². The smallest absolute Gasteiger partial charge is 0.233 e. The lowest BCUT2D eigenvalue weighted by Crippen LogP contribution is -2.33. The normalized spacial score (nSPS) is 12.4. The standard InChI is InChI=1S/C15H21N5OS/c1-11(2)9-16-14(21)12(3)22-15-17-18-19-20(15)10-13-7-5-4-6-8-13/h4-8,11-12H,9-10H2,1-3H3,(H,16,21). The molecular formula is C15H21N5OS. The lowest BCUT2D eigenvalue weighted by atomic mass is 10.2. The molecule has 0 saturated heterocycles. The van der Waals surface area contributed by atoms with Gasteiger partial charge in [0.05, 0.1) is 11.8 Å². The van der Waals surface area contributed by atoms with E-state index < -0.39 is 0 Å². The first-order valence-electron chi connectivity index (χ1n) is 7.30. The highest BCUT2D eigenvalue weighted by Gasteiger charge is 2.18. The highest BCUT2D eigenvalue weighted by Crippen LogP contribution is 2.20. The Morgan fingerprint density at radius 1 is 1.27 bits per heavy atom. The Morgan fingerprint density at radius 2 is 2.00 bits per heavy atom. The van der Waals surface area contributed by atoms with Crippen LogP contribution < -0.4 is 5.32 Å². The SMILES string of the molecule is CC(C)CNC(=O)C(C)Sc1nnnn1Cc1ccccc1. The summed E-state index contributed by atoms with van der Waals surface area (Å²) in [6.07, 6.45) is 0. The summed E-state index contributed by atoms with van der Waals surface area (Å²) in [6.45, 7) is 7.27. The third-order valence-electron chi connectivity index (χ3n) is 3.01. The summed E-state index contributed by atoms with van der Waals surface area (Å²) >= 11 is 1.37. The van der Waals surface area contributed by atoms with E-state index in [2.05, 4.69) is 34.7 Å². The van der Waals surface area contributed by atoms with Crippen LogP contribution in [-0.4, -0.2) is 37.9 Å². The van der Waals surface area contributed by atoms with Crippen molar-refractivity contribution in [2.24, 2.45) is 5.92 Å². The fraction of sp³-hybridized carbons (Fsp3) is 0.467. The molecule has 22 heavy (non-hydrogen) atoms. The van der Waals surface area contributed by atoms with Gasteiger partial charge in [-0.3, -0.25) is 4.79 Å². The molecule has 1 amide bonds.